The highest BCUT2D eigenvalue weighted by Gasteiger charge is 2.52. The van der Waals surface area contributed by atoms with E-state index in [0.29, 0.717) is 0 Å². The van der Waals surface area contributed by atoms with Gasteiger partial charge < -0.3 is 30.3 Å². The number of benzene rings is 1. The summed E-state index contributed by atoms with van der Waals surface area (Å²) in [5.41, 5.74) is 0.355. The summed E-state index contributed by atoms with van der Waals surface area (Å²) in [5.74, 6) is -6.74. The van der Waals surface area contributed by atoms with Crippen LogP contribution in [0.4, 0.5) is 14.5 Å². The van der Waals surface area contributed by atoms with Crippen molar-refractivity contribution in [2.75, 3.05) is 11.9 Å². The number of nitrogens with zero attached hydrogens (tertiary/aromatic N) is 1. The molecule has 224 valence electrons. The minimum Gasteiger partial charge on any atom is -0.433 e. The minimum atomic E-state index is -3.34. The zero-order chi connectivity index (χ0) is 29.9. The maximum Gasteiger partial charge on any atom is 0.310 e. The van der Waals surface area contributed by atoms with E-state index in [1.807, 2.05) is 0 Å². The quantitative estimate of drug-likeness (QED) is 0.391. The first-order valence-electron chi connectivity index (χ1n) is 13.5. The van der Waals surface area contributed by atoms with Crippen molar-refractivity contribution >= 4 is 46.9 Å². The number of carbonyl (C=O) groups excluding carboxylic acids is 5. The Balaban J connectivity index is 1.40. The third-order valence-corrected chi connectivity index (χ3v) is 7.60. The van der Waals surface area contributed by atoms with Crippen LogP contribution in [0, 0.1) is 0 Å². The summed E-state index contributed by atoms with van der Waals surface area (Å²) in [5, 5.41) is 7.61. The second kappa shape index (κ2) is 12.7. The molecule has 41 heavy (non-hydrogen) atoms. The van der Waals surface area contributed by atoms with E-state index in [4.69, 9.17) is 21.1 Å². The lowest BCUT2D eigenvalue weighted by atomic mass is 9.98. The van der Waals surface area contributed by atoms with Gasteiger partial charge in [0.25, 0.3) is 11.8 Å². The molecule has 0 radical (unpaired) electrons. The van der Waals surface area contributed by atoms with Crippen molar-refractivity contribution < 1.29 is 42.2 Å². The maximum absolute atomic E-state index is 14.5. The second-order valence-electron chi connectivity index (χ2n) is 10.7. The summed E-state index contributed by atoms with van der Waals surface area (Å²) in [6, 6.07) is 0.394. The Hall–Kier alpha value is -3.32. The smallest absolute Gasteiger partial charge is 0.310 e. The van der Waals surface area contributed by atoms with E-state index in [9.17, 15) is 32.8 Å². The van der Waals surface area contributed by atoms with E-state index in [1.165, 1.54) is 32.0 Å². The molecule has 1 aliphatic carbocycles. The van der Waals surface area contributed by atoms with Gasteiger partial charge >= 0.3 is 5.97 Å². The largest absolute Gasteiger partial charge is 0.433 e. The molecule has 0 bridgehead atoms. The van der Waals surface area contributed by atoms with Gasteiger partial charge in [-0.25, -0.2) is 8.78 Å². The average Bonchev–Trinajstić information content (AvgIpc) is 3.42. The van der Waals surface area contributed by atoms with Crippen molar-refractivity contribution in [3.05, 3.63) is 28.8 Å². The lowest BCUT2D eigenvalue weighted by Gasteiger charge is -2.30. The molecule has 1 aromatic carbocycles. The SMILES string of the molecule is CC(=O)Nc1ccc(C(=O)N[C@@H](C)C(=O)N2CC(F)(F)CC2C(=O)N[C@H]2CC(=O)OC2OC2CCCCC2)cc1Cl. The van der Waals surface area contributed by atoms with E-state index in [1.54, 1.807) is 0 Å². The number of esters is 1. The highest BCUT2D eigenvalue weighted by atomic mass is 35.5. The van der Waals surface area contributed by atoms with Crippen LogP contribution in [0.5, 0.6) is 0 Å². The second-order valence-corrected chi connectivity index (χ2v) is 11.1. The fourth-order valence-corrected chi connectivity index (χ4v) is 5.50. The van der Waals surface area contributed by atoms with Gasteiger partial charge in [-0.1, -0.05) is 30.9 Å². The molecule has 4 atom stereocenters. The fourth-order valence-electron chi connectivity index (χ4n) is 5.27. The Kier molecular flexibility index (Phi) is 9.48. The van der Waals surface area contributed by atoms with Crippen molar-refractivity contribution in [1.29, 1.82) is 0 Å². The minimum absolute atomic E-state index is 0.0692. The Morgan fingerprint density at radius 2 is 1.88 bits per heavy atom. The molecule has 0 spiro atoms. The van der Waals surface area contributed by atoms with Gasteiger partial charge in [-0.2, -0.15) is 0 Å². The average molecular weight is 599 g/mol. The summed E-state index contributed by atoms with van der Waals surface area (Å²) >= 11 is 6.11. The number of hydrogen-bond donors (Lipinski definition) is 3. The van der Waals surface area contributed by atoms with Gasteiger partial charge in [0.2, 0.25) is 24.0 Å². The van der Waals surface area contributed by atoms with Crippen LogP contribution in [0.2, 0.25) is 5.02 Å². The van der Waals surface area contributed by atoms with Crippen LogP contribution in [0.3, 0.4) is 0 Å². The molecule has 11 nitrogen and oxygen atoms in total. The van der Waals surface area contributed by atoms with Crippen molar-refractivity contribution in [1.82, 2.24) is 15.5 Å². The van der Waals surface area contributed by atoms with Gasteiger partial charge in [0, 0.05) is 18.9 Å². The molecule has 2 unspecified atom stereocenters. The Labute approximate surface area is 240 Å². The Morgan fingerprint density at radius 3 is 2.54 bits per heavy atom. The Morgan fingerprint density at radius 1 is 1.17 bits per heavy atom. The van der Waals surface area contributed by atoms with Crippen LogP contribution in [0.15, 0.2) is 18.2 Å². The molecule has 2 heterocycles. The number of alkyl halides is 2. The highest BCUT2D eigenvalue weighted by Crippen LogP contribution is 2.33. The molecule has 14 heteroatoms. The molecular weight excluding hydrogens is 566 g/mol. The predicted molar refractivity (Wildman–Crippen MR) is 142 cm³/mol. The van der Waals surface area contributed by atoms with Gasteiger partial charge in [-0.3, -0.25) is 24.0 Å². The van der Waals surface area contributed by atoms with Crippen LogP contribution < -0.4 is 16.0 Å². The molecule has 3 N–H and O–H groups in total. The predicted octanol–water partition coefficient (Wildman–Crippen LogP) is 2.76. The summed E-state index contributed by atoms with van der Waals surface area (Å²) in [6.45, 7) is 1.60. The van der Waals surface area contributed by atoms with Crippen molar-refractivity contribution in [3.63, 3.8) is 0 Å². The van der Waals surface area contributed by atoms with Gasteiger partial charge in [-0.05, 0) is 38.0 Å². The summed E-state index contributed by atoms with van der Waals surface area (Å²) in [4.78, 5) is 63.1. The number of halogens is 3. The van der Waals surface area contributed by atoms with Crippen LogP contribution in [-0.2, 0) is 28.7 Å². The zero-order valence-electron chi connectivity index (χ0n) is 22.7. The highest BCUT2D eigenvalue weighted by molar-refractivity contribution is 6.34. The number of ether oxygens (including phenoxy) is 2. The first-order valence-corrected chi connectivity index (χ1v) is 13.9. The first kappa shape index (κ1) is 30.6. The van der Waals surface area contributed by atoms with Gasteiger partial charge in [0.15, 0.2) is 0 Å². The first-order chi connectivity index (χ1) is 19.3. The van der Waals surface area contributed by atoms with Gasteiger partial charge in [0.05, 0.1) is 29.8 Å². The van der Waals surface area contributed by atoms with E-state index < -0.39 is 67.0 Å². The summed E-state index contributed by atoms with van der Waals surface area (Å²) < 4.78 is 40.1. The number of carbonyl (C=O) groups is 5. The molecule has 3 fully saturated rings. The number of hydrogen-bond acceptors (Lipinski definition) is 7. The lowest BCUT2D eigenvalue weighted by molar-refractivity contribution is -0.180. The van der Waals surface area contributed by atoms with Gasteiger partial charge in [-0.15, -0.1) is 0 Å². The molecule has 1 saturated carbocycles. The lowest BCUT2D eigenvalue weighted by Crippen LogP contribution is -2.55. The number of cyclic esters (lactones) is 1. The molecule has 0 aromatic heterocycles. The van der Waals surface area contributed by atoms with Crippen molar-refractivity contribution in [2.45, 2.75) is 95.2 Å². The normalized spacial score (nSPS) is 24.9. The molecular formula is C27H33ClF2N4O7. The number of amides is 4. The number of nitrogens with one attached hydrogen (secondary N) is 3. The third kappa shape index (κ3) is 7.70. The van der Waals surface area contributed by atoms with E-state index in [2.05, 4.69) is 16.0 Å². The fraction of sp³-hybridized carbons (Fsp3) is 0.593. The molecule has 2 saturated heterocycles. The van der Waals surface area contributed by atoms with Crippen LogP contribution >= 0.6 is 11.6 Å². The molecule has 3 aliphatic rings. The van der Waals surface area contributed by atoms with E-state index in [0.717, 1.165) is 37.0 Å². The van der Waals surface area contributed by atoms with Crippen LogP contribution in [0.25, 0.3) is 0 Å². The van der Waals surface area contributed by atoms with Crippen molar-refractivity contribution in [3.8, 4) is 0 Å². The van der Waals surface area contributed by atoms with E-state index >= 15 is 0 Å². The van der Waals surface area contributed by atoms with Crippen LogP contribution in [-0.4, -0.2) is 77.5 Å². The summed E-state index contributed by atoms with van der Waals surface area (Å²) in [7, 11) is 0. The number of rotatable bonds is 8. The number of likely N-dealkylation sites (tertiary alicyclic amines) is 1. The standard InChI is InChI=1S/C27H33ClF2N4O7/c1-14(31-23(37)16-8-9-19(18(28)10-16)32-15(2)35)25(39)34-13-27(29,30)12-21(34)24(38)33-20-11-22(36)41-26(20)40-17-6-4-3-5-7-17/h8-10,14,17,20-21,26H,3-7,11-13H2,1-2H3,(H,31,37)(H,32,35)(H,33,38)/t14-,20-,21?,26?/m0/s1. The molecule has 1 aromatic rings. The van der Waals surface area contributed by atoms with Crippen LogP contribution in [0.1, 0.15) is 69.2 Å². The zero-order valence-corrected chi connectivity index (χ0v) is 23.5. The third-order valence-electron chi connectivity index (χ3n) is 7.28. The van der Waals surface area contributed by atoms with Gasteiger partial charge in [0.1, 0.15) is 18.1 Å². The summed E-state index contributed by atoms with van der Waals surface area (Å²) in [6.07, 6.45) is 2.35. The monoisotopic (exact) mass is 598 g/mol. The molecule has 4 rings (SSSR count). The van der Waals surface area contributed by atoms with E-state index in [-0.39, 0.29) is 34.7 Å². The number of anilines is 1. The maximum atomic E-state index is 14.5. The van der Waals surface area contributed by atoms with Crippen molar-refractivity contribution in [2.24, 2.45) is 0 Å². The Bertz CT molecular complexity index is 1210. The molecule has 4 amide bonds. The molecule has 2 aliphatic heterocycles. The topological polar surface area (TPSA) is 143 Å².